The van der Waals surface area contributed by atoms with Crippen molar-refractivity contribution in [3.63, 3.8) is 0 Å². The van der Waals surface area contributed by atoms with Crippen LogP contribution in [0, 0.1) is 0 Å². The van der Waals surface area contributed by atoms with Crippen molar-refractivity contribution in [2.75, 3.05) is 31.1 Å². The second-order valence-electron chi connectivity index (χ2n) is 6.99. The lowest BCUT2D eigenvalue weighted by Crippen LogP contribution is -2.48. The molecule has 1 unspecified atom stereocenters. The number of benzene rings is 2. The number of rotatable bonds is 4. The van der Waals surface area contributed by atoms with E-state index in [4.69, 9.17) is 0 Å². The van der Waals surface area contributed by atoms with Gasteiger partial charge >= 0.3 is 0 Å². The lowest BCUT2D eigenvalue weighted by molar-refractivity contribution is 0.0981. The monoisotopic (exact) mass is 347 g/mol. The molecular formula is C22H25N3O. The Morgan fingerprint density at radius 3 is 2.46 bits per heavy atom. The fourth-order valence-corrected chi connectivity index (χ4v) is 4.22. The van der Waals surface area contributed by atoms with Crippen molar-refractivity contribution >= 4 is 17.3 Å². The molecule has 1 saturated heterocycles. The third kappa shape index (κ3) is 2.90. The first-order valence-corrected chi connectivity index (χ1v) is 9.36. The van der Waals surface area contributed by atoms with E-state index in [9.17, 15) is 4.79 Å². The first-order valence-electron chi connectivity index (χ1n) is 9.36. The molecule has 4 heteroatoms. The maximum atomic E-state index is 12.3. The minimum atomic E-state index is -0.0289. The number of carbonyl (C=O) groups excluding carboxylic acids is 1. The molecule has 0 aromatic heterocycles. The molecule has 26 heavy (non-hydrogen) atoms. The van der Waals surface area contributed by atoms with Gasteiger partial charge in [0.05, 0.1) is 11.3 Å². The molecule has 0 radical (unpaired) electrons. The van der Waals surface area contributed by atoms with Gasteiger partial charge in [-0.25, -0.2) is 0 Å². The zero-order valence-corrected chi connectivity index (χ0v) is 15.2. The zero-order valence-electron chi connectivity index (χ0n) is 15.2. The summed E-state index contributed by atoms with van der Waals surface area (Å²) in [5, 5.41) is 2.85. The van der Waals surface area contributed by atoms with Crippen molar-refractivity contribution < 1.29 is 4.79 Å². The van der Waals surface area contributed by atoms with E-state index in [1.807, 2.05) is 12.1 Å². The van der Waals surface area contributed by atoms with Crippen LogP contribution in [0.1, 0.15) is 40.9 Å². The number of amides is 1. The summed E-state index contributed by atoms with van der Waals surface area (Å²) >= 11 is 0. The van der Waals surface area contributed by atoms with Gasteiger partial charge in [-0.3, -0.25) is 9.69 Å². The van der Waals surface area contributed by atoms with Gasteiger partial charge in [-0.1, -0.05) is 56.0 Å². The first kappa shape index (κ1) is 16.9. The molecule has 0 saturated carbocycles. The Bertz CT molecular complexity index is 823. The predicted octanol–water partition coefficient (Wildman–Crippen LogP) is 3.67. The number of carbonyl (C=O) groups is 1. The maximum absolute atomic E-state index is 12.3. The Balaban J connectivity index is 1.51. The highest BCUT2D eigenvalue weighted by molar-refractivity contribution is 6.12. The van der Waals surface area contributed by atoms with E-state index in [-0.39, 0.29) is 5.91 Å². The predicted molar refractivity (Wildman–Crippen MR) is 106 cm³/mol. The second-order valence-corrected chi connectivity index (χ2v) is 6.99. The number of fused-ring (bicyclic) bond motifs is 1. The molecule has 2 aromatic carbocycles. The summed E-state index contributed by atoms with van der Waals surface area (Å²) < 4.78 is 0. The molecule has 2 aliphatic heterocycles. The van der Waals surface area contributed by atoms with Gasteiger partial charge in [-0.2, -0.15) is 0 Å². The van der Waals surface area contributed by atoms with Crippen LogP contribution in [0.5, 0.6) is 0 Å². The van der Waals surface area contributed by atoms with E-state index in [0.717, 1.165) is 49.4 Å². The lowest BCUT2D eigenvalue weighted by atomic mass is 10.0. The normalized spacial score (nSPS) is 18.6. The third-order valence-corrected chi connectivity index (χ3v) is 5.53. The minimum absolute atomic E-state index is 0.0289. The standard InChI is InChI=1S/C22H25N3O/c1-3-19(17-8-5-4-6-9-17)24-12-14-25(15-13-24)20-11-7-10-18-16(2)23-22(26)21(18)20/h4-11,19H,2-3,12-15H2,1H3,(H,23,26). The summed E-state index contributed by atoms with van der Waals surface area (Å²) in [4.78, 5) is 17.2. The number of nitrogens with zero attached hydrogens (tertiary/aromatic N) is 2. The Morgan fingerprint density at radius 1 is 1.04 bits per heavy atom. The molecule has 2 heterocycles. The summed E-state index contributed by atoms with van der Waals surface area (Å²) in [5.74, 6) is -0.0289. The van der Waals surface area contributed by atoms with Gasteiger partial charge in [-0.15, -0.1) is 0 Å². The van der Waals surface area contributed by atoms with Gasteiger partial charge in [0.25, 0.3) is 5.91 Å². The average molecular weight is 347 g/mol. The highest BCUT2D eigenvalue weighted by atomic mass is 16.2. The molecule has 1 atom stereocenters. The van der Waals surface area contributed by atoms with E-state index in [1.54, 1.807) is 0 Å². The molecule has 0 aliphatic carbocycles. The number of hydrogen-bond donors (Lipinski definition) is 1. The van der Waals surface area contributed by atoms with Crippen molar-refractivity contribution in [3.05, 3.63) is 71.8 Å². The lowest BCUT2D eigenvalue weighted by Gasteiger charge is -2.40. The van der Waals surface area contributed by atoms with Crippen LogP contribution < -0.4 is 10.2 Å². The molecular weight excluding hydrogens is 322 g/mol. The zero-order chi connectivity index (χ0) is 18.1. The molecule has 1 amide bonds. The van der Waals surface area contributed by atoms with Crippen molar-refractivity contribution in [1.82, 2.24) is 10.2 Å². The summed E-state index contributed by atoms with van der Waals surface area (Å²) in [5.41, 5.74) is 4.85. The Morgan fingerprint density at radius 2 is 1.77 bits per heavy atom. The molecule has 1 fully saturated rings. The summed E-state index contributed by atoms with van der Waals surface area (Å²) in [6.45, 7) is 10.1. The molecule has 0 bridgehead atoms. The van der Waals surface area contributed by atoms with Gasteiger partial charge in [0.15, 0.2) is 0 Å². The van der Waals surface area contributed by atoms with E-state index >= 15 is 0 Å². The quantitative estimate of drug-likeness (QED) is 0.916. The molecule has 134 valence electrons. The largest absolute Gasteiger partial charge is 0.368 e. The molecule has 2 aliphatic rings. The second kappa shape index (κ2) is 6.96. The molecule has 4 rings (SSSR count). The van der Waals surface area contributed by atoms with Crippen molar-refractivity contribution in [2.24, 2.45) is 0 Å². The SMILES string of the molecule is C=C1NC(=O)c2c1cccc2N1CCN(C(CC)c2ccccc2)CC1. The fourth-order valence-electron chi connectivity index (χ4n) is 4.22. The Kier molecular flexibility index (Phi) is 4.51. The van der Waals surface area contributed by atoms with E-state index in [0.29, 0.717) is 11.7 Å². The number of anilines is 1. The van der Waals surface area contributed by atoms with Crippen LogP contribution in [-0.4, -0.2) is 37.0 Å². The average Bonchev–Trinajstić information content (AvgIpc) is 2.98. The van der Waals surface area contributed by atoms with Crippen molar-refractivity contribution in [2.45, 2.75) is 19.4 Å². The topological polar surface area (TPSA) is 35.6 Å². The highest BCUT2D eigenvalue weighted by Crippen LogP contribution is 2.33. The van der Waals surface area contributed by atoms with Crippen LogP contribution >= 0.6 is 0 Å². The highest BCUT2D eigenvalue weighted by Gasteiger charge is 2.30. The maximum Gasteiger partial charge on any atom is 0.258 e. The van der Waals surface area contributed by atoms with E-state index in [1.165, 1.54) is 5.56 Å². The molecule has 4 nitrogen and oxygen atoms in total. The number of hydrogen-bond acceptors (Lipinski definition) is 3. The van der Waals surface area contributed by atoms with Crippen LogP contribution in [0.3, 0.4) is 0 Å². The van der Waals surface area contributed by atoms with Gasteiger partial charge in [0.1, 0.15) is 0 Å². The van der Waals surface area contributed by atoms with E-state index < -0.39 is 0 Å². The number of piperazine rings is 1. The smallest absolute Gasteiger partial charge is 0.258 e. The third-order valence-electron chi connectivity index (χ3n) is 5.53. The minimum Gasteiger partial charge on any atom is -0.368 e. The first-order chi connectivity index (χ1) is 12.7. The van der Waals surface area contributed by atoms with Crippen LogP contribution in [-0.2, 0) is 0 Å². The Hall–Kier alpha value is -2.59. The van der Waals surface area contributed by atoms with Crippen molar-refractivity contribution in [3.8, 4) is 0 Å². The van der Waals surface area contributed by atoms with Gasteiger partial charge in [-0.05, 0) is 18.1 Å². The van der Waals surface area contributed by atoms with Gasteiger partial charge < -0.3 is 10.2 Å². The molecule has 1 N–H and O–H groups in total. The van der Waals surface area contributed by atoms with Gasteiger partial charge in [0.2, 0.25) is 0 Å². The van der Waals surface area contributed by atoms with Crippen molar-refractivity contribution in [1.29, 1.82) is 0 Å². The van der Waals surface area contributed by atoms with Crippen LogP contribution in [0.2, 0.25) is 0 Å². The fraction of sp³-hybridized carbons (Fsp3) is 0.318. The van der Waals surface area contributed by atoms with Gasteiger partial charge in [0, 0.05) is 43.5 Å². The number of nitrogens with one attached hydrogen (secondary N) is 1. The summed E-state index contributed by atoms with van der Waals surface area (Å²) in [6, 6.07) is 17.3. The van der Waals surface area contributed by atoms with Crippen LogP contribution in [0.25, 0.3) is 5.70 Å². The van der Waals surface area contributed by atoms with E-state index in [2.05, 4.69) is 65.0 Å². The summed E-state index contributed by atoms with van der Waals surface area (Å²) in [6.07, 6.45) is 1.10. The van der Waals surface area contributed by atoms with Crippen LogP contribution in [0.15, 0.2) is 55.1 Å². The summed E-state index contributed by atoms with van der Waals surface area (Å²) in [7, 11) is 0. The van der Waals surface area contributed by atoms with Crippen LogP contribution in [0.4, 0.5) is 5.69 Å². The molecule has 2 aromatic rings. The Labute approximate surface area is 155 Å². The molecule has 0 spiro atoms.